The van der Waals surface area contributed by atoms with Gasteiger partial charge in [0.15, 0.2) is 11.5 Å². The first kappa shape index (κ1) is 17.1. The van der Waals surface area contributed by atoms with Crippen molar-refractivity contribution in [3.05, 3.63) is 72.3 Å². The molecule has 1 aromatic heterocycles. The zero-order valence-corrected chi connectivity index (χ0v) is 15.3. The predicted octanol–water partition coefficient (Wildman–Crippen LogP) is 3.31. The van der Waals surface area contributed by atoms with Gasteiger partial charge in [-0.3, -0.25) is 9.36 Å². The Balaban J connectivity index is 1.49. The van der Waals surface area contributed by atoms with Crippen LogP contribution in [0.2, 0.25) is 0 Å². The Bertz CT molecular complexity index is 964. The van der Waals surface area contributed by atoms with Crippen LogP contribution in [0, 0.1) is 0 Å². The second-order valence-corrected chi connectivity index (χ2v) is 7.12. The van der Waals surface area contributed by atoms with Crippen LogP contribution in [-0.2, 0) is 5.41 Å². The highest BCUT2D eigenvalue weighted by Gasteiger charge is 2.25. The average molecular weight is 363 g/mol. The van der Waals surface area contributed by atoms with Gasteiger partial charge in [-0.1, -0.05) is 38.1 Å². The normalized spacial score (nSPS) is 12.8. The van der Waals surface area contributed by atoms with Gasteiger partial charge in [0.05, 0.1) is 12.5 Å². The molecular weight excluding hydrogens is 342 g/mol. The molecule has 1 N–H and O–H groups in total. The molecule has 0 unspecified atom stereocenters. The molecule has 6 nitrogen and oxygen atoms in total. The van der Waals surface area contributed by atoms with Crippen LogP contribution >= 0.6 is 0 Å². The third-order valence-corrected chi connectivity index (χ3v) is 4.75. The zero-order chi connectivity index (χ0) is 18.9. The van der Waals surface area contributed by atoms with Crippen molar-refractivity contribution in [2.24, 2.45) is 0 Å². The lowest BCUT2D eigenvalue weighted by atomic mass is 9.84. The van der Waals surface area contributed by atoms with Gasteiger partial charge in [0.25, 0.3) is 5.91 Å². The van der Waals surface area contributed by atoms with Crippen LogP contribution in [0.1, 0.15) is 29.9 Å². The largest absolute Gasteiger partial charge is 0.454 e. The summed E-state index contributed by atoms with van der Waals surface area (Å²) in [5, 5.41) is 3.03. The van der Waals surface area contributed by atoms with Gasteiger partial charge >= 0.3 is 0 Å². The maximum absolute atomic E-state index is 12.7. The molecular formula is C21H21N3O3. The Kier molecular flexibility index (Phi) is 4.32. The number of rotatable bonds is 5. The average Bonchev–Trinajstić information content (AvgIpc) is 3.35. The molecule has 27 heavy (non-hydrogen) atoms. The molecule has 6 heteroatoms. The van der Waals surface area contributed by atoms with Gasteiger partial charge in [0.2, 0.25) is 6.79 Å². The van der Waals surface area contributed by atoms with Gasteiger partial charge in [0.1, 0.15) is 5.69 Å². The fourth-order valence-electron chi connectivity index (χ4n) is 3.07. The van der Waals surface area contributed by atoms with E-state index in [0.717, 1.165) is 22.7 Å². The van der Waals surface area contributed by atoms with Crippen molar-refractivity contribution in [1.82, 2.24) is 14.9 Å². The summed E-state index contributed by atoms with van der Waals surface area (Å²) in [5.74, 6) is 1.34. The van der Waals surface area contributed by atoms with Crippen molar-refractivity contribution < 1.29 is 14.3 Å². The van der Waals surface area contributed by atoms with E-state index in [2.05, 4.69) is 24.1 Å². The lowest BCUT2D eigenvalue weighted by Crippen LogP contribution is -2.37. The molecule has 2 heterocycles. The summed E-state index contributed by atoms with van der Waals surface area (Å²) in [6, 6.07) is 15.6. The van der Waals surface area contributed by atoms with E-state index in [0.29, 0.717) is 12.2 Å². The van der Waals surface area contributed by atoms with Crippen molar-refractivity contribution in [3.8, 4) is 17.2 Å². The van der Waals surface area contributed by atoms with E-state index in [9.17, 15) is 4.79 Å². The number of ether oxygens (including phenoxy) is 2. The van der Waals surface area contributed by atoms with Gasteiger partial charge in [-0.15, -0.1) is 0 Å². The van der Waals surface area contributed by atoms with Crippen LogP contribution < -0.4 is 14.8 Å². The maximum atomic E-state index is 12.7. The number of aromatic nitrogens is 2. The van der Waals surface area contributed by atoms with Gasteiger partial charge in [-0.25, -0.2) is 4.98 Å². The van der Waals surface area contributed by atoms with Gasteiger partial charge in [-0.2, -0.15) is 0 Å². The summed E-state index contributed by atoms with van der Waals surface area (Å²) in [7, 11) is 0. The molecule has 0 atom stereocenters. The second-order valence-electron chi connectivity index (χ2n) is 7.12. The van der Waals surface area contributed by atoms with E-state index >= 15 is 0 Å². The van der Waals surface area contributed by atoms with Crippen molar-refractivity contribution >= 4 is 5.91 Å². The number of carbonyl (C=O) groups excluding carboxylic acids is 1. The number of imidazole rings is 1. The molecule has 0 spiro atoms. The van der Waals surface area contributed by atoms with Gasteiger partial charge < -0.3 is 14.8 Å². The molecule has 0 radical (unpaired) electrons. The van der Waals surface area contributed by atoms with Crippen LogP contribution in [0.4, 0.5) is 0 Å². The van der Waals surface area contributed by atoms with E-state index in [-0.39, 0.29) is 18.1 Å². The Hall–Kier alpha value is -3.28. The number of fused-ring (bicyclic) bond motifs is 1. The zero-order valence-electron chi connectivity index (χ0n) is 15.3. The highest BCUT2D eigenvalue weighted by molar-refractivity contribution is 5.93. The summed E-state index contributed by atoms with van der Waals surface area (Å²) < 4.78 is 12.6. The Morgan fingerprint density at radius 3 is 2.74 bits per heavy atom. The molecule has 0 saturated carbocycles. The van der Waals surface area contributed by atoms with E-state index in [1.54, 1.807) is 17.1 Å². The van der Waals surface area contributed by atoms with Crippen molar-refractivity contribution in [2.45, 2.75) is 19.3 Å². The van der Waals surface area contributed by atoms with E-state index in [4.69, 9.17) is 9.47 Å². The number of amides is 1. The van der Waals surface area contributed by atoms with Gasteiger partial charge in [-0.05, 0) is 29.8 Å². The molecule has 1 amide bonds. The fraction of sp³-hybridized carbons (Fsp3) is 0.238. The van der Waals surface area contributed by atoms with Crippen LogP contribution in [0.15, 0.2) is 61.1 Å². The van der Waals surface area contributed by atoms with Crippen LogP contribution in [0.5, 0.6) is 11.5 Å². The number of benzene rings is 2. The van der Waals surface area contributed by atoms with Crippen LogP contribution in [0.3, 0.4) is 0 Å². The maximum Gasteiger partial charge on any atom is 0.269 e. The lowest BCUT2D eigenvalue weighted by Gasteiger charge is -2.26. The van der Waals surface area contributed by atoms with Crippen molar-refractivity contribution in [1.29, 1.82) is 0 Å². The number of para-hydroxylation sites is 1. The first-order chi connectivity index (χ1) is 13.0. The fourth-order valence-corrected chi connectivity index (χ4v) is 3.07. The molecule has 0 aliphatic carbocycles. The molecule has 1 aliphatic heterocycles. The van der Waals surface area contributed by atoms with Crippen LogP contribution in [-0.4, -0.2) is 28.8 Å². The van der Waals surface area contributed by atoms with E-state index < -0.39 is 0 Å². The quantitative estimate of drug-likeness (QED) is 0.755. The molecule has 0 saturated heterocycles. The number of hydrogen-bond acceptors (Lipinski definition) is 4. The van der Waals surface area contributed by atoms with Crippen LogP contribution in [0.25, 0.3) is 5.69 Å². The molecule has 1 aliphatic rings. The van der Waals surface area contributed by atoms with Crippen molar-refractivity contribution in [2.75, 3.05) is 13.3 Å². The third kappa shape index (κ3) is 3.38. The highest BCUT2D eigenvalue weighted by Crippen LogP contribution is 2.36. The number of hydrogen-bond donors (Lipinski definition) is 1. The number of nitrogens with one attached hydrogen (secondary N) is 1. The third-order valence-electron chi connectivity index (χ3n) is 4.75. The predicted molar refractivity (Wildman–Crippen MR) is 101 cm³/mol. The van der Waals surface area contributed by atoms with E-state index in [1.807, 2.05) is 48.5 Å². The molecule has 0 bridgehead atoms. The number of carbonyl (C=O) groups is 1. The first-order valence-corrected chi connectivity index (χ1v) is 8.81. The standard InChI is InChI=1S/C21H21N3O3/c1-21(2,15-8-9-18-19(10-15)27-14-26-18)12-23-20(25)17-11-22-13-24(17)16-6-4-3-5-7-16/h3-11,13H,12,14H2,1-2H3,(H,23,25). The molecule has 4 rings (SSSR count). The SMILES string of the molecule is CC(C)(CNC(=O)c1cncn1-c1ccccc1)c1ccc2c(c1)OCO2. The minimum Gasteiger partial charge on any atom is -0.454 e. The summed E-state index contributed by atoms with van der Waals surface area (Å²) in [4.78, 5) is 16.9. The Morgan fingerprint density at radius 2 is 1.93 bits per heavy atom. The minimum atomic E-state index is -0.270. The molecule has 0 fully saturated rings. The summed E-state index contributed by atoms with van der Waals surface area (Å²) in [6.07, 6.45) is 3.23. The summed E-state index contributed by atoms with van der Waals surface area (Å²) >= 11 is 0. The Morgan fingerprint density at radius 1 is 1.15 bits per heavy atom. The smallest absolute Gasteiger partial charge is 0.269 e. The number of nitrogens with zero attached hydrogens (tertiary/aromatic N) is 2. The molecule has 2 aromatic carbocycles. The Labute approximate surface area is 157 Å². The molecule has 138 valence electrons. The topological polar surface area (TPSA) is 65.4 Å². The van der Waals surface area contributed by atoms with Gasteiger partial charge in [0, 0.05) is 17.6 Å². The summed E-state index contributed by atoms with van der Waals surface area (Å²) in [6.45, 7) is 4.89. The first-order valence-electron chi connectivity index (χ1n) is 8.81. The lowest BCUT2D eigenvalue weighted by molar-refractivity contribution is 0.0939. The second kappa shape index (κ2) is 6.79. The highest BCUT2D eigenvalue weighted by atomic mass is 16.7. The molecule has 3 aromatic rings. The monoisotopic (exact) mass is 363 g/mol. The minimum absolute atomic E-state index is 0.162. The van der Waals surface area contributed by atoms with E-state index in [1.165, 1.54) is 0 Å². The summed E-state index contributed by atoms with van der Waals surface area (Å²) in [5.41, 5.74) is 2.20. The van der Waals surface area contributed by atoms with Crippen molar-refractivity contribution in [3.63, 3.8) is 0 Å².